The third-order valence-corrected chi connectivity index (χ3v) is 6.33. The Morgan fingerprint density at radius 2 is 1.32 bits per heavy atom. The molecule has 34 heavy (non-hydrogen) atoms. The van der Waals surface area contributed by atoms with Crippen LogP contribution in [-0.2, 0) is 0 Å². The van der Waals surface area contributed by atoms with Crippen LogP contribution in [0.25, 0.3) is 49.9 Å². The van der Waals surface area contributed by atoms with E-state index in [1.807, 2.05) is 77.4 Å². The van der Waals surface area contributed by atoms with Crippen LogP contribution in [-0.4, -0.2) is 14.5 Å². The molecule has 0 bridgehead atoms. The quantitative estimate of drug-likeness (QED) is 0.286. The van der Waals surface area contributed by atoms with Gasteiger partial charge in [-0.25, -0.2) is 4.98 Å². The van der Waals surface area contributed by atoms with Gasteiger partial charge in [-0.1, -0.05) is 97.1 Å². The van der Waals surface area contributed by atoms with E-state index >= 15 is 0 Å². The summed E-state index contributed by atoms with van der Waals surface area (Å²) in [6, 6.07) is 36.7. The normalized spacial score (nSPS) is 11.2. The summed E-state index contributed by atoms with van der Waals surface area (Å²) in [7, 11) is 0. The third kappa shape index (κ3) is 3.34. The largest absolute Gasteiger partial charge is 0.384 e. The van der Waals surface area contributed by atoms with Crippen LogP contribution >= 0.6 is 12.2 Å². The molecule has 5 heteroatoms. The topological polar surface area (TPSA) is 56.7 Å². The first kappa shape index (κ1) is 20.3. The summed E-state index contributed by atoms with van der Waals surface area (Å²) < 4.78 is 2.23. The summed E-state index contributed by atoms with van der Waals surface area (Å²) in [6.07, 6.45) is 0. The SMILES string of the molecule is Nc1c2c(-c3ccccc3)cc(-c3ccccc3)nc2nc(=S)n1-c1cccc2ccccc12. The zero-order chi connectivity index (χ0) is 23.1. The zero-order valence-electron chi connectivity index (χ0n) is 18.2. The predicted octanol–water partition coefficient (Wildman–Crippen LogP) is 7.22. The Hall–Kier alpha value is -4.35. The number of hydrogen-bond acceptors (Lipinski definition) is 4. The fraction of sp³-hybridized carbons (Fsp3) is 0. The molecule has 6 rings (SSSR count). The van der Waals surface area contributed by atoms with Crippen LogP contribution in [0.15, 0.2) is 109 Å². The number of aromatic nitrogens is 3. The summed E-state index contributed by atoms with van der Waals surface area (Å²) in [4.78, 5) is 9.66. The zero-order valence-corrected chi connectivity index (χ0v) is 19.0. The van der Waals surface area contributed by atoms with E-state index < -0.39 is 0 Å². The number of benzene rings is 4. The van der Waals surface area contributed by atoms with E-state index in [9.17, 15) is 0 Å². The van der Waals surface area contributed by atoms with Crippen molar-refractivity contribution in [2.45, 2.75) is 0 Å². The molecule has 162 valence electrons. The molecule has 0 spiro atoms. The molecule has 2 heterocycles. The Balaban J connectivity index is 1.72. The molecule has 0 fully saturated rings. The Kier molecular flexibility index (Phi) is 4.90. The van der Waals surface area contributed by atoms with Crippen LogP contribution in [0, 0.1) is 4.77 Å². The number of anilines is 1. The first-order valence-electron chi connectivity index (χ1n) is 11.0. The summed E-state index contributed by atoms with van der Waals surface area (Å²) in [6.45, 7) is 0. The van der Waals surface area contributed by atoms with E-state index in [0.29, 0.717) is 16.2 Å². The third-order valence-electron chi connectivity index (χ3n) is 6.05. The number of hydrogen-bond donors (Lipinski definition) is 1. The highest BCUT2D eigenvalue weighted by atomic mass is 32.1. The van der Waals surface area contributed by atoms with Crippen molar-refractivity contribution in [2.24, 2.45) is 0 Å². The number of nitrogens with two attached hydrogens (primary N) is 1. The molecule has 2 aromatic heterocycles. The number of fused-ring (bicyclic) bond motifs is 2. The summed E-state index contributed by atoms with van der Waals surface area (Å²) in [5, 5.41) is 2.96. The van der Waals surface area contributed by atoms with Crippen molar-refractivity contribution in [3.05, 3.63) is 114 Å². The van der Waals surface area contributed by atoms with Crippen molar-refractivity contribution in [3.63, 3.8) is 0 Å². The smallest absolute Gasteiger partial charge is 0.207 e. The molecule has 0 unspecified atom stereocenters. The molecule has 0 atom stereocenters. The van der Waals surface area contributed by atoms with E-state index in [2.05, 4.69) is 36.4 Å². The van der Waals surface area contributed by atoms with Gasteiger partial charge in [0, 0.05) is 10.9 Å². The second-order valence-electron chi connectivity index (χ2n) is 8.10. The van der Waals surface area contributed by atoms with Gasteiger partial charge in [-0.15, -0.1) is 0 Å². The van der Waals surface area contributed by atoms with Gasteiger partial charge in [-0.2, -0.15) is 4.98 Å². The number of rotatable bonds is 3. The van der Waals surface area contributed by atoms with Gasteiger partial charge in [0.25, 0.3) is 0 Å². The molecule has 2 N–H and O–H groups in total. The standard InChI is InChI=1S/C29H20N4S/c30-27-26-23(20-10-3-1-4-11-20)18-24(21-13-5-2-6-14-21)31-28(26)32-29(34)33(27)25-17-9-15-19-12-7-8-16-22(19)25/h1-18H,30H2. The second-order valence-corrected chi connectivity index (χ2v) is 8.46. The van der Waals surface area contributed by atoms with Crippen molar-refractivity contribution in [3.8, 4) is 28.1 Å². The van der Waals surface area contributed by atoms with Gasteiger partial charge in [0.15, 0.2) is 5.65 Å². The minimum atomic E-state index is 0.373. The average molecular weight is 457 g/mol. The Morgan fingerprint density at radius 3 is 2.09 bits per heavy atom. The van der Waals surface area contributed by atoms with Gasteiger partial charge in [0.1, 0.15) is 5.82 Å². The number of pyridine rings is 1. The summed E-state index contributed by atoms with van der Waals surface area (Å²) in [5.74, 6) is 0.525. The molecule has 0 saturated carbocycles. The van der Waals surface area contributed by atoms with Gasteiger partial charge in [0.2, 0.25) is 4.77 Å². The highest BCUT2D eigenvalue weighted by molar-refractivity contribution is 7.71. The van der Waals surface area contributed by atoms with Crippen LogP contribution in [0.5, 0.6) is 0 Å². The monoisotopic (exact) mass is 456 g/mol. The van der Waals surface area contributed by atoms with Crippen molar-refractivity contribution in [1.29, 1.82) is 0 Å². The lowest BCUT2D eigenvalue weighted by Crippen LogP contribution is -2.09. The van der Waals surface area contributed by atoms with E-state index in [1.165, 1.54) is 0 Å². The fourth-order valence-electron chi connectivity index (χ4n) is 4.46. The molecule has 0 aliphatic carbocycles. The molecular weight excluding hydrogens is 436 g/mol. The lowest BCUT2D eigenvalue weighted by Gasteiger charge is -2.18. The van der Waals surface area contributed by atoms with Gasteiger partial charge in [-0.3, -0.25) is 4.57 Å². The highest BCUT2D eigenvalue weighted by Gasteiger charge is 2.18. The van der Waals surface area contributed by atoms with E-state index in [1.54, 1.807) is 0 Å². The lowest BCUT2D eigenvalue weighted by atomic mass is 9.99. The minimum absolute atomic E-state index is 0.373. The molecule has 0 aliphatic heterocycles. The van der Waals surface area contributed by atoms with Gasteiger partial charge in [0.05, 0.1) is 16.8 Å². The first-order chi connectivity index (χ1) is 16.7. The molecule has 0 aliphatic rings. The molecule has 0 saturated heterocycles. The van der Waals surface area contributed by atoms with E-state index in [0.717, 1.165) is 44.2 Å². The molecule has 0 radical (unpaired) electrons. The molecule has 0 amide bonds. The van der Waals surface area contributed by atoms with Gasteiger partial charge >= 0.3 is 0 Å². The Bertz CT molecular complexity index is 1720. The maximum atomic E-state index is 6.89. The summed E-state index contributed by atoms with van der Waals surface area (Å²) >= 11 is 5.76. The van der Waals surface area contributed by atoms with E-state index in [4.69, 9.17) is 27.9 Å². The Morgan fingerprint density at radius 1 is 0.676 bits per heavy atom. The van der Waals surface area contributed by atoms with Crippen LogP contribution in [0.2, 0.25) is 0 Å². The van der Waals surface area contributed by atoms with Crippen LogP contribution < -0.4 is 5.73 Å². The van der Waals surface area contributed by atoms with Crippen molar-refractivity contribution in [2.75, 3.05) is 5.73 Å². The van der Waals surface area contributed by atoms with Crippen molar-refractivity contribution < 1.29 is 0 Å². The first-order valence-corrected chi connectivity index (χ1v) is 11.4. The lowest BCUT2D eigenvalue weighted by molar-refractivity contribution is 0.995. The molecular formula is C29H20N4S. The maximum Gasteiger partial charge on any atom is 0.207 e. The van der Waals surface area contributed by atoms with Crippen molar-refractivity contribution in [1.82, 2.24) is 14.5 Å². The van der Waals surface area contributed by atoms with Crippen LogP contribution in [0.3, 0.4) is 0 Å². The fourth-order valence-corrected chi connectivity index (χ4v) is 4.74. The van der Waals surface area contributed by atoms with Gasteiger partial charge < -0.3 is 5.73 Å². The minimum Gasteiger partial charge on any atom is -0.384 e. The predicted molar refractivity (Wildman–Crippen MR) is 142 cm³/mol. The highest BCUT2D eigenvalue weighted by Crippen LogP contribution is 2.36. The maximum absolute atomic E-state index is 6.89. The number of nitrogen functional groups attached to an aromatic ring is 1. The van der Waals surface area contributed by atoms with Gasteiger partial charge in [-0.05, 0) is 40.9 Å². The Labute approximate surface area is 202 Å². The second kappa shape index (κ2) is 8.21. The van der Waals surface area contributed by atoms with Crippen LogP contribution in [0.1, 0.15) is 0 Å². The van der Waals surface area contributed by atoms with Crippen LogP contribution in [0.4, 0.5) is 5.82 Å². The average Bonchev–Trinajstić information content (AvgIpc) is 2.89. The number of nitrogens with zero attached hydrogens (tertiary/aromatic N) is 3. The molecule has 4 nitrogen and oxygen atoms in total. The van der Waals surface area contributed by atoms with Crippen molar-refractivity contribution >= 4 is 39.8 Å². The van der Waals surface area contributed by atoms with E-state index in [-0.39, 0.29) is 0 Å². The molecule has 6 aromatic rings. The summed E-state index contributed by atoms with van der Waals surface area (Å²) in [5.41, 5.74) is 12.2. The molecule has 4 aromatic carbocycles.